The van der Waals surface area contributed by atoms with Gasteiger partial charge in [-0.05, 0) is 20.8 Å². The van der Waals surface area contributed by atoms with E-state index in [0.29, 0.717) is 5.71 Å². The number of nitrogens with zero attached hydrogens (tertiary/aromatic N) is 1. The average molecular weight is 154 g/mol. The summed E-state index contributed by atoms with van der Waals surface area (Å²) in [6.07, 6.45) is 2.23. The molecule has 0 spiro atoms. The molecule has 0 aliphatic heterocycles. The predicted molar refractivity (Wildman–Crippen MR) is 47.3 cm³/mol. The molecular weight excluding hydrogens is 140 g/mol. The fourth-order valence-electron chi connectivity index (χ4n) is 0.514. The Balaban J connectivity index is 4.48. The van der Waals surface area contributed by atoms with Crippen molar-refractivity contribution in [1.82, 2.24) is 0 Å². The number of aliphatic hydroxyl groups excluding tert-OH is 1. The van der Waals surface area contributed by atoms with Crippen LogP contribution in [0.1, 0.15) is 20.8 Å². The first-order valence-electron chi connectivity index (χ1n) is 3.51. The van der Waals surface area contributed by atoms with Gasteiger partial charge in [0.25, 0.3) is 0 Å². The summed E-state index contributed by atoms with van der Waals surface area (Å²) in [6, 6.07) is 0. The van der Waals surface area contributed by atoms with Crippen LogP contribution in [0, 0.1) is 5.41 Å². The van der Waals surface area contributed by atoms with E-state index in [0.717, 1.165) is 11.9 Å². The van der Waals surface area contributed by atoms with E-state index >= 15 is 0 Å². The third-order valence-corrected chi connectivity index (χ3v) is 1.30. The second-order valence-corrected chi connectivity index (χ2v) is 2.29. The van der Waals surface area contributed by atoms with Gasteiger partial charge in [0, 0.05) is 11.9 Å². The summed E-state index contributed by atoms with van der Waals surface area (Å²) >= 11 is 0. The lowest BCUT2D eigenvalue weighted by Crippen LogP contribution is -2.17. The maximum Gasteiger partial charge on any atom is 0.0947 e. The number of aliphatic hydroxyl groups is 1. The van der Waals surface area contributed by atoms with Crippen molar-refractivity contribution >= 4 is 11.9 Å². The summed E-state index contributed by atoms with van der Waals surface area (Å²) < 4.78 is 0. The van der Waals surface area contributed by atoms with Crippen molar-refractivity contribution < 1.29 is 5.11 Å². The van der Waals surface area contributed by atoms with Crippen LogP contribution in [-0.4, -0.2) is 23.1 Å². The van der Waals surface area contributed by atoms with Gasteiger partial charge in [-0.1, -0.05) is 6.08 Å². The molecule has 0 aliphatic carbocycles. The molecule has 3 heteroatoms. The van der Waals surface area contributed by atoms with E-state index in [1.807, 2.05) is 19.9 Å². The second-order valence-electron chi connectivity index (χ2n) is 2.29. The summed E-state index contributed by atoms with van der Waals surface area (Å²) in [7, 11) is 0. The van der Waals surface area contributed by atoms with E-state index in [1.54, 1.807) is 6.92 Å². The van der Waals surface area contributed by atoms with E-state index in [1.165, 1.54) is 0 Å². The van der Waals surface area contributed by atoms with E-state index in [-0.39, 0.29) is 0 Å². The minimum absolute atomic E-state index is 0.389. The molecule has 1 unspecified atom stereocenters. The molecular formula is C8H14N2O. The van der Waals surface area contributed by atoms with Crippen LogP contribution in [-0.2, 0) is 0 Å². The van der Waals surface area contributed by atoms with Gasteiger partial charge in [0.1, 0.15) is 0 Å². The highest BCUT2D eigenvalue weighted by molar-refractivity contribution is 6.31. The first-order valence-corrected chi connectivity index (χ1v) is 3.51. The summed E-state index contributed by atoms with van der Waals surface area (Å²) in [6.45, 7) is 5.28. The third kappa shape index (κ3) is 3.68. The molecule has 0 aliphatic rings. The van der Waals surface area contributed by atoms with Gasteiger partial charge in [0.05, 0.1) is 11.8 Å². The lowest BCUT2D eigenvalue weighted by atomic mass is 10.2. The highest BCUT2D eigenvalue weighted by atomic mass is 16.3. The van der Waals surface area contributed by atoms with Gasteiger partial charge in [0.2, 0.25) is 0 Å². The van der Waals surface area contributed by atoms with Crippen LogP contribution in [0.4, 0.5) is 0 Å². The van der Waals surface area contributed by atoms with Gasteiger partial charge in [-0.15, -0.1) is 0 Å². The van der Waals surface area contributed by atoms with E-state index in [9.17, 15) is 0 Å². The van der Waals surface area contributed by atoms with Crippen molar-refractivity contribution in [2.24, 2.45) is 4.99 Å². The van der Waals surface area contributed by atoms with Gasteiger partial charge < -0.3 is 10.5 Å². The van der Waals surface area contributed by atoms with Crippen molar-refractivity contribution in [3.05, 3.63) is 11.8 Å². The molecule has 0 heterocycles. The molecule has 0 saturated heterocycles. The molecule has 0 bridgehead atoms. The first kappa shape index (κ1) is 10.0. The molecule has 0 saturated carbocycles. The van der Waals surface area contributed by atoms with Gasteiger partial charge >= 0.3 is 0 Å². The molecule has 3 nitrogen and oxygen atoms in total. The van der Waals surface area contributed by atoms with Gasteiger partial charge in [-0.3, -0.25) is 4.99 Å². The molecule has 0 aromatic heterocycles. The fraction of sp³-hybridized carbons (Fsp3) is 0.500. The minimum atomic E-state index is -0.664. The molecule has 0 amide bonds. The van der Waals surface area contributed by atoms with Crippen molar-refractivity contribution in [2.75, 3.05) is 0 Å². The van der Waals surface area contributed by atoms with Crippen LogP contribution < -0.4 is 0 Å². The number of aliphatic imine (C=N–C) groups is 1. The maximum absolute atomic E-state index is 9.05. The summed E-state index contributed by atoms with van der Waals surface area (Å²) in [5, 5.41) is 16.0. The standard InChI is InChI=1S/C8H14N2O/c1-4-6(2)10-8(5-9)7(3)11/h4-5,7,9,11H,1-3H3/b6-4-,9-5?,10-8-. The SMILES string of the molecule is C/C=C(C)\N=C(\C=N)C(C)O. The highest BCUT2D eigenvalue weighted by Gasteiger charge is 2.01. The zero-order valence-electron chi connectivity index (χ0n) is 7.13. The van der Waals surface area contributed by atoms with Crippen molar-refractivity contribution in [1.29, 1.82) is 5.41 Å². The van der Waals surface area contributed by atoms with Crippen LogP contribution >= 0.6 is 0 Å². The molecule has 0 fully saturated rings. The molecule has 0 aromatic carbocycles. The Kier molecular flexibility index (Phi) is 4.38. The average Bonchev–Trinajstić information content (AvgIpc) is 1.99. The number of rotatable bonds is 3. The monoisotopic (exact) mass is 154 g/mol. The molecule has 1 atom stereocenters. The lowest BCUT2D eigenvalue weighted by Gasteiger charge is -2.02. The first-order chi connectivity index (χ1) is 5.11. The number of hydrogen-bond donors (Lipinski definition) is 2. The quantitative estimate of drug-likeness (QED) is 0.593. The van der Waals surface area contributed by atoms with E-state index in [2.05, 4.69) is 4.99 Å². The highest BCUT2D eigenvalue weighted by Crippen LogP contribution is 1.96. The van der Waals surface area contributed by atoms with Gasteiger partial charge in [-0.2, -0.15) is 0 Å². The molecule has 11 heavy (non-hydrogen) atoms. The second kappa shape index (κ2) is 4.79. The minimum Gasteiger partial charge on any atom is -0.387 e. The van der Waals surface area contributed by atoms with Crippen LogP contribution in [0.5, 0.6) is 0 Å². The van der Waals surface area contributed by atoms with Crippen LogP contribution in [0.15, 0.2) is 16.8 Å². The Morgan fingerprint density at radius 3 is 2.45 bits per heavy atom. The van der Waals surface area contributed by atoms with E-state index in [4.69, 9.17) is 10.5 Å². The van der Waals surface area contributed by atoms with Crippen molar-refractivity contribution in [2.45, 2.75) is 26.9 Å². The zero-order valence-corrected chi connectivity index (χ0v) is 7.13. The molecule has 2 N–H and O–H groups in total. The number of hydrogen-bond acceptors (Lipinski definition) is 3. The number of allylic oxidation sites excluding steroid dienone is 2. The Morgan fingerprint density at radius 1 is 1.64 bits per heavy atom. The molecule has 0 aromatic rings. The van der Waals surface area contributed by atoms with Crippen molar-refractivity contribution in [3.8, 4) is 0 Å². The number of nitrogens with one attached hydrogen (secondary N) is 1. The van der Waals surface area contributed by atoms with E-state index < -0.39 is 6.10 Å². The predicted octanol–water partition coefficient (Wildman–Crippen LogP) is 1.38. The normalized spacial score (nSPS) is 16.4. The van der Waals surface area contributed by atoms with Crippen LogP contribution in [0.25, 0.3) is 0 Å². The van der Waals surface area contributed by atoms with Crippen LogP contribution in [0.3, 0.4) is 0 Å². The molecule has 0 radical (unpaired) electrons. The smallest absolute Gasteiger partial charge is 0.0947 e. The molecule has 0 rings (SSSR count). The Morgan fingerprint density at radius 2 is 2.18 bits per heavy atom. The summed E-state index contributed by atoms with van der Waals surface area (Å²) in [5.41, 5.74) is 1.20. The fourth-order valence-corrected chi connectivity index (χ4v) is 0.514. The van der Waals surface area contributed by atoms with Gasteiger partial charge in [0.15, 0.2) is 0 Å². The van der Waals surface area contributed by atoms with Gasteiger partial charge in [-0.25, -0.2) is 0 Å². The van der Waals surface area contributed by atoms with Crippen molar-refractivity contribution in [3.63, 3.8) is 0 Å². The third-order valence-electron chi connectivity index (χ3n) is 1.30. The Labute approximate surface area is 67.0 Å². The molecule has 62 valence electrons. The summed E-state index contributed by atoms with van der Waals surface area (Å²) in [4.78, 5) is 4.00. The Hall–Kier alpha value is -0.960. The zero-order chi connectivity index (χ0) is 8.85. The largest absolute Gasteiger partial charge is 0.387 e. The summed E-state index contributed by atoms with van der Waals surface area (Å²) in [5.74, 6) is 0. The maximum atomic E-state index is 9.05. The Bertz CT molecular complexity index is 192. The topological polar surface area (TPSA) is 56.4 Å². The van der Waals surface area contributed by atoms with Crippen LogP contribution in [0.2, 0.25) is 0 Å². The lowest BCUT2D eigenvalue weighted by molar-refractivity contribution is 0.264.